The molecule has 434 valence electrons. The average molecular weight is 1130 g/mol. The summed E-state index contributed by atoms with van der Waals surface area (Å²) >= 11 is 0. The summed E-state index contributed by atoms with van der Waals surface area (Å²) in [4.78, 5) is 115. The summed E-state index contributed by atoms with van der Waals surface area (Å²) in [5.74, 6) is -11.2. The van der Waals surface area contributed by atoms with Crippen LogP contribution in [0.3, 0.4) is 0 Å². The monoisotopic (exact) mass is 1130 g/mol. The van der Waals surface area contributed by atoms with E-state index in [4.69, 9.17) is 5.11 Å². The molecule has 0 unspecified atom stereocenters. The summed E-state index contributed by atoms with van der Waals surface area (Å²) in [6.07, 6.45) is 10.9. The number of likely N-dealkylation sites (N-methyl/N-ethyl adjacent to an activating group) is 1. The zero-order valence-corrected chi connectivity index (χ0v) is 47.3. The number of hydrogen-bond donors (Lipinski definition) is 7. The number of carboxylic acids is 4. The van der Waals surface area contributed by atoms with Crippen LogP contribution < -0.4 is 15.5 Å². The maximum absolute atomic E-state index is 13.8. The van der Waals surface area contributed by atoms with Crippen LogP contribution in [0.4, 0.5) is 11.4 Å². The number of ketones is 3. The summed E-state index contributed by atoms with van der Waals surface area (Å²) in [6, 6.07) is 10.0. The Hall–Kier alpha value is -7.39. The molecule has 2 amide bonds. The number of carboxylic acid groups (broad SMARTS) is 4. The van der Waals surface area contributed by atoms with Crippen molar-refractivity contribution in [3.05, 3.63) is 102 Å². The molecule has 4 rings (SSSR count). The van der Waals surface area contributed by atoms with Gasteiger partial charge in [-0.3, -0.25) is 47.7 Å². The van der Waals surface area contributed by atoms with Gasteiger partial charge in [-0.15, -0.1) is 0 Å². The average Bonchev–Trinajstić information content (AvgIpc) is 4.03. The number of unbranched alkanes of at least 4 members (excludes halogenated alkanes) is 2. The zero-order valence-electron chi connectivity index (χ0n) is 46.4. The molecule has 0 saturated heterocycles. The van der Waals surface area contributed by atoms with Gasteiger partial charge in [0, 0.05) is 111 Å². The Balaban J connectivity index is 1.43. The predicted octanol–water partition coefficient (Wildman–Crippen LogP) is 7.80. The number of fused-ring (bicyclic) bond motifs is 2. The summed E-state index contributed by atoms with van der Waals surface area (Å²) in [7, 11) is -4.37. The fourth-order valence-corrected chi connectivity index (χ4v) is 10.8. The third-order valence-electron chi connectivity index (χ3n) is 14.7. The highest BCUT2D eigenvalue weighted by molar-refractivity contribution is 7.85. The number of nitrogens with zero attached hydrogens (tertiary/aromatic N) is 2. The lowest BCUT2D eigenvalue weighted by Gasteiger charge is -2.25. The molecule has 2 heterocycles. The van der Waals surface area contributed by atoms with E-state index >= 15 is 0 Å². The molecule has 20 nitrogen and oxygen atoms in total. The van der Waals surface area contributed by atoms with E-state index in [1.165, 1.54) is 19.1 Å². The van der Waals surface area contributed by atoms with Crippen LogP contribution in [0, 0.1) is 11.8 Å². The number of allylic oxidation sites excluding steroid dienone is 8. The highest BCUT2D eigenvalue weighted by Crippen LogP contribution is 2.48. The summed E-state index contributed by atoms with van der Waals surface area (Å²) in [5.41, 5.74) is 5.06. The Kier molecular flexibility index (Phi) is 24.2. The number of carbonyl (C=O) groups excluding carboxylic acids is 5. The molecule has 2 aromatic carbocycles. The van der Waals surface area contributed by atoms with E-state index in [1.54, 1.807) is 6.07 Å². The first-order valence-electron chi connectivity index (χ1n) is 27.0. The van der Waals surface area contributed by atoms with Gasteiger partial charge in [0.1, 0.15) is 12.3 Å². The van der Waals surface area contributed by atoms with Crippen molar-refractivity contribution < 1.29 is 81.1 Å². The van der Waals surface area contributed by atoms with Crippen LogP contribution in [0.25, 0.3) is 0 Å². The lowest BCUT2D eigenvalue weighted by atomic mass is 9.81. The summed E-state index contributed by atoms with van der Waals surface area (Å²) in [5, 5.41) is 42.4. The Labute approximate surface area is 467 Å². The van der Waals surface area contributed by atoms with Crippen molar-refractivity contribution >= 4 is 80.2 Å². The van der Waals surface area contributed by atoms with Crippen LogP contribution in [0.15, 0.2) is 95.6 Å². The van der Waals surface area contributed by atoms with Gasteiger partial charge in [-0.1, -0.05) is 69.4 Å². The Morgan fingerprint density at radius 2 is 1.16 bits per heavy atom. The molecule has 0 radical (unpaired) electrons. The normalized spacial score (nSPS) is 16.6. The largest absolute Gasteiger partial charge is 0.481 e. The van der Waals surface area contributed by atoms with E-state index < -0.39 is 132 Å². The first kappa shape index (κ1) is 65.1. The molecule has 2 aromatic rings. The number of para-hydroxylation sites is 1. The zero-order chi connectivity index (χ0) is 59.5. The van der Waals surface area contributed by atoms with E-state index in [-0.39, 0.29) is 48.2 Å². The van der Waals surface area contributed by atoms with Crippen LogP contribution >= 0.6 is 0 Å². The standard InChI is InChI=1S/C59H76N4O16S/c1-7-48(65)44(27-32-54(71)72)60-57(76)39(25-31-53(69)70)36-49(66)45(28-33-55(73)74)61-56(75)38(24-30-52(67)68)35-40(64)19-13-12-18-34-63-46-21-17-16-20-42(46)58(3,4)51(63)23-15-11-9-10-14-22-50-59(5,6)43-37-41(80(77,78)79)26-29-47(43)62(50)8-2/h9-11,14-17,20-23,26,29,37-39,44-45H,7-8,12-13,18-19,24-25,27-28,30-36H2,1-6H3,(H6-,60,61,67,68,69,70,71,72,73,74,75,76,77,78,79)/p+1/t38-,39-,44+,45+/m0/s1. The minimum Gasteiger partial charge on any atom is -0.481 e. The smallest absolute Gasteiger partial charge is 0.303 e. The van der Waals surface area contributed by atoms with Crippen molar-refractivity contribution in [1.29, 1.82) is 0 Å². The minimum absolute atomic E-state index is 0.0589. The Bertz CT molecular complexity index is 2930. The topological polar surface area (TPSA) is 319 Å². The molecular formula is C59H77N4O16S+. The van der Waals surface area contributed by atoms with Crippen molar-refractivity contribution in [3.8, 4) is 0 Å². The fraction of sp³-hybridized carbons (Fsp3) is 0.492. The molecule has 4 atom stereocenters. The number of rotatable bonds is 35. The van der Waals surface area contributed by atoms with Crippen molar-refractivity contribution in [3.63, 3.8) is 0 Å². The quantitative estimate of drug-likeness (QED) is 0.0150. The number of nitrogens with one attached hydrogen (secondary N) is 2. The van der Waals surface area contributed by atoms with Gasteiger partial charge in [0.05, 0.1) is 22.4 Å². The third kappa shape index (κ3) is 18.3. The molecular weight excluding hydrogens is 1050 g/mol. The number of benzene rings is 2. The van der Waals surface area contributed by atoms with E-state index in [0.717, 1.165) is 33.9 Å². The lowest BCUT2D eigenvalue weighted by molar-refractivity contribution is -0.438. The molecule has 0 aromatic heterocycles. The second kappa shape index (κ2) is 29.7. The molecule has 0 fully saturated rings. The van der Waals surface area contributed by atoms with Gasteiger partial charge in [-0.25, -0.2) is 0 Å². The first-order chi connectivity index (χ1) is 37.6. The Morgan fingerprint density at radius 3 is 1.73 bits per heavy atom. The highest BCUT2D eigenvalue weighted by atomic mass is 32.2. The molecule has 7 N–H and O–H groups in total. The number of hydrogen-bond acceptors (Lipinski definition) is 12. The molecule has 0 saturated carbocycles. The second-order valence-corrected chi connectivity index (χ2v) is 22.6. The van der Waals surface area contributed by atoms with Gasteiger partial charge in [-0.2, -0.15) is 13.0 Å². The van der Waals surface area contributed by atoms with Crippen LogP contribution in [-0.2, 0) is 64.1 Å². The minimum atomic E-state index is -4.37. The third-order valence-corrected chi connectivity index (χ3v) is 15.5. The van der Waals surface area contributed by atoms with Gasteiger partial charge < -0.3 is 36.0 Å². The first-order valence-corrected chi connectivity index (χ1v) is 28.5. The number of aliphatic carboxylic acids is 4. The van der Waals surface area contributed by atoms with E-state index in [1.807, 2.05) is 69.4 Å². The lowest BCUT2D eigenvalue weighted by Crippen LogP contribution is -2.47. The number of Topliss-reactive ketones (excluding diaryl/α,β-unsaturated/α-hetero) is 3. The maximum atomic E-state index is 13.8. The van der Waals surface area contributed by atoms with Crippen LogP contribution in [0.1, 0.15) is 149 Å². The highest BCUT2D eigenvalue weighted by Gasteiger charge is 2.44. The molecule has 0 bridgehead atoms. The van der Waals surface area contributed by atoms with Gasteiger partial charge >= 0.3 is 23.9 Å². The van der Waals surface area contributed by atoms with Crippen molar-refractivity contribution in [2.24, 2.45) is 11.8 Å². The van der Waals surface area contributed by atoms with Crippen LogP contribution in [0.5, 0.6) is 0 Å². The SMILES string of the molecule is CCC(=O)[C@@H](CCC(=O)O)NC(=O)[C@@H](CCC(=O)O)CC(=O)[C@@H](CCC(=O)O)NC(=O)[C@@H](CCC(=O)O)CC(=O)CCCCC[N+]1=C(C=CC=CC=CC=C2N(CC)c3ccc(S(=O)(=O)O)cc3C2(C)C)C(C)(C)c2ccccc21. The Morgan fingerprint density at radius 1 is 0.625 bits per heavy atom. The number of amides is 2. The van der Waals surface area contributed by atoms with Crippen molar-refractivity contribution in [2.75, 3.05) is 18.0 Å². The van der Waals surface area contributed by atoms with Crippen LogP contribution in [0.2, 0.25) is 0 Å². The van der Waals surface area contributed by atoms with E-state index in [2.05, 4.69) is 52.2 Å². The summed E-state index contributed by atoms with van der Waals surface area (Å²) in [6.45, 7) is 13.1. The molecule has 2 aliphatic rings. The van der Waals surface area contributed by atoms with Gasteiger partial charge in [0.2, 0.25) is 17.5 Å². The molecule has 0 spiro atoms. The number of anilines is 1. The van der Waals surface area contributed by atoms with E-state index in [0.29, 0.717) is 32.4 Å². The van der Waals surface area contributed by atoms with Gasteiger partial charge in [0.15, 0.2) is 17.3 Å². The fourth-order valence-electron chi connectivity index (χ4n) is 10.3. The van der Waals surface area contributed by atoms with Gasteiger partial charge in [0.25, 0.3) is 10.1 Å². The molecule has 21 heteroatoms. The molecule has 0 aliphatic carbocycles. The predicted molar refractivity (Wildman–Crippen MR) is 298 cm³/mol. The maximum Gasteiger partial charge on any atom is 0.303 e. The summed E-state index contributed by atoms with van der Waals surface area (Å²) < 4.78 is 35.8. The van der Waals surface area contributed by atoms with E-state index in [9.17, 15) is 71.4 Å². The van der Waals surface area contributed by atoms with Crippen LogP contribution in [-0.4, -0.2) is 122 Å². The molecule has 2 aliphatic heterocycles. The van der Waals surface area contributed by atoms with Gasteiger partial charge in [-0.05, 0) is 89.1 Å². The molecule has 80 heavy (non-hydrogen) atoms. The number of carbonyl (C=O) groups is 9. The van der Waals surface area contributed by atoms with Crippen molar-refractivity contribution in [2.45, 2.75) is 166 Å². The second-order valence-electron chi connectivity index (χ2n) is 21.2. The van der Waals surface area contributed by atoms with Crippen molar-refractivity contribution in [1.82, 2.24) is 10.6 Å².